The highest BCUT2D eigenvalue weighted by Crippen LogP contribution is 2.28. The quantitative estimate of drug-likeness (QED) is 0.597. The van der Waals surface area contributed by atoms with E-state index < -0.39 is 5.85 Å². The molecule has 0 radical (unpaired) electrons. The first kappa shape index (κ1) is 10.7. The molecular formula is C10H15N5O. The van der Waals surface area contributed by atoms with Gasteiger partial charge in [-0.2, -0.15) is 4.99 Å². The minimum absolute atomic E-state index is 0.191. The summed E-state index contributed by atoms with van der Waals surface area (Å²) < 4.78 is 0. The zero-order valence-corrected chi connectivity index (χ0v) is 9.31. The summed E-state index contributed by atoms with van der Waals surface area (Å²) >= 11 is 0. The predicted molar refractivity (Wildman–Crippen MR) is 62.4 cm³/mol. The molecule has 0 saturated heterocycles. The number of allylic oxidation sites excluding steroid dienone is 1. The van der Waals surface area contributed by atoms with Crippen molar-refractivity contribution < 1.29 is 5.11 Å². The Morgan fingerprint density at radius 3 is 3.12 bits per heavy atom. The van der Waals surface area contributed by atoms with Crippen molar-refractivity contribution in [1.29, 1.82) is 0 Å². The minimum atomic E-state index is -1.45. The fraction of sp³-hybridized carbons (Fsp3) is 0.400. The molecule has 0 aromatic heterocycles. The molecule has 0 spiro atoms. The van der Waals surface area contributed by atoms with Crippen molar-refractivity contribution >= 4 is 11.8 Å². The number of nitrogens with one attached hydrogen (secondary N) is 1. The van der Waals surface area contributed by atoms with Gasteiger partial charge in [0.05, 0.1) is 6.20 Å². The summed E-state index contributed by atoms with van der Waals surface area (Å²) in [6.45, 7) is 2.03. The highest BCUT2D eigenvalue weighted by Gasteiger charge is 2.44. The Morgan fingerprint density at radius 2 is 2.44 bits per heavy atom. The maximum atomic E-state index is 10.3. The topological polar surface area (TPSA) is 86.2 Å². The van der Waals surface area contributed by atoms with Crippen molar-refractivity contribution in [3.8, 4) is 0 Å². The molecule has 0 bridgehead atoms. The number of hydrogen-bond acceptors (Lipinski definition) is 6. The second-order valence-corrected chi connectivity index (χ2v) is 3.66. The number of nitrogens with zero attached hydrogens (tertiary/aromatic N) is 3. The molecule has 0 aliphatic carbocycles. The zero-order chi connectivity index (χ0) is 11.8. The van der Waals surface area contributed by atoms with Crippen LogP contribution >= 0.6 is 0 Å². The summed E-state index contributed by atoms with van der Waals surface area (Å²) in [6.07, 6.45) is 6.26. The van der Waals surface area contributed by atoms with Gasteiger partial charge in [0, 0.05) is 7.05 Å². The Bertz CT molecular complexity index is 423. The third kappa shape index (κ3) is 1.47. The molecule has 2 aliphatic heterocycles. The molecule has 0 amide bonds. The normalized spacial score (nSPS) is 28.4. The summed E-state index contributed by atoms with van der Waals surface area (Å²) in [4.78, 5) is 9.75. The number of aliphatic imine (C=N–C) groups is 2. The molecule has 0 saturated carbocycles. The molecule has 6 heteroatoms. The smallest absolute Gasteiger partial charge is 0.285 e. The van der Waals surface area contributed by atoms with Crippen molar-refractivity contribution in [2.45, 2.75) is 19.2 Å². The number of amidine groups is 1. The lowest BCUT2D eigenvalue weighted by Crippen LogP contribution is -2.50. The van der Waals surface area contributed by atoms with Gasteiger partial charge in [0.25, 0.3) is 5.85 Å². The van der Waals surface area contributed by atoms with Gasteiger partial charge in [-0.05, 0) is 12.5 Å². The van der Waals surface area contributed by atoms with Crippen LogP contribution in [0, 0.1) is 0 Å². The predicted octanol–water partition coefficient (Wildman–Crippen LogP) is -0.298. The van der Waals surface area contributed by atoms with E-state index in [1.165, 1.54) is 0 Å². The highest BCUT2D eigenvalue weighted by atomic mass is 16.3. The first-order valence-corrected chi connectivity index (χ1v) is 5.11. The van der Waals surface area contributed by atoms with Crippen LogP contribution in [0.2, 0.25) is 0 Å². The number of guanidine groups is 1. The molecule has 4 N–H and O–H groups in total. The van der Waals surface area contributed by atoms with Gasteiger partial charge in [0.15, 0.2) is 5.96 Å². The van der Waals surface area contributed by atoms with Gasteiger partial charge in [0.1, 0.15) is 11.5 Å². The summed E-state index contributed by atoms with van der Waals surface area (Å²) in [6, 6.07) is 0. The van der Waals surface area contributed by atoms with Crippen LogP contribution < -0.4 is 11.1 Å². The Labute approximate surface area is 93.9 Å². The van der Waals surface area contributed by atoms with Crippen LogP contribution in [0.25, 0.3) is 0 Å². The maximum Gasteiger partial charge on any atom is 0.285 e. The molecule has 0 aromatic carbocycles. The molecule has 1 unspecified atom stereocenters. The Hall–Kier alpha value is -1.82. The SMILES string of the molecule is CC/C=C/C1=NC=C2NC(N)=NC2(O)N1C. The molecule has 2 aliphatic rings. The lowest BCUT2D eigenvalue weighted by Gasteiger charge is -2.34. The van der Waals surface area contributed by atoms with Crippen LogP contribution in [-0.4, -0.2) is 34.7 Å². The Balaban J connectivity index is 2.34. The first-order valence-electron chi connectivity index (χ1n) is 5.11. The Kier molecular flexibility index (Phi) is 2.43. The number of aliphatic hydroxyl groups is 1. The van der Waals surface area contributed by atoms with E-state index in [9.17, 15) is 5.11 Å². The molecule has 0 fully saturated rings. The van der Waals surface area contributed by atoms with E-state index in [0.29, 0.717) is 11.5 Å². The van der Waals surface area contributed by atoms with Crippen LogP contribution in [0.4, 0.5) is 0 Å². The average Bonchev–Trinajstić information content (AvgIpc) is 2.54. The fourth-order valence-electron chi connectivity index (χ4n) is 1.61. The average molecular weight is 221 g/mol. The molecule has 2 heterocycles. The molecule has 6 nitrogen and oxygen atoms in total. The van der Waals surface area contributed by atoms with Gasteiger partial charge in [-0.15, -0.1) is 0 Å². The van der Waals surface area contributed by atoms with Crippen LogP contribution in [0.15, 0.2) is 34.0 Å². The van der Waals surface area contributed by atoms with Crippen LogP contribution in [0.1, 0.15) is 13.3 Å². The van der Waals surface area contributed by atoms with E-state index in [-0.39, 0.29) is 5.96 Å². The van der Waals surface area contributed by atoms with E-state index in [1.54, 1.807) is 18.1 Å². The van der Waals surface area contributed by atoms with Crippen LogP contribution in [0.5, 0.6) is 0 Å². The fourth-order valence-corrected chi connectivity index (χ4v) is 1.61. The highest BCUT2D eigenvalue weighted by molar-refractivity contribution is 5.96. The number of hydrogen-bond donors (Lipinski definition) is 3. The number of likely N-dealkylation sites (N-methyl/N-ethyl adjacent to an activating group) is 1. The number of nitrogens with two attached hydrogens (primary N) is 1. The van der Waals surface area contributed by atoms with Crippen molar-refractivity contribution in [2.75, 3.05) is 7.05 Å². The van der Waals surface area contributed by atoms with Gasteiger partial charge < -0.3 is 21.1 Å². The van der Waals surface area contributed by atoms with E-state index in [4.69, 9.17) is 5.73 Å². The van der Waals surface area contributed by atoms with E-state index in [1.807, 2.05) is 19.1 Å². The number of fused-ring (bicyclic) bond motifs is 1. The molecule has 1 atom stereocenters. The molecule has 0 aromatic rings. The van der Waals surface area contributed by atoms with Gasteiger partial charge in [-0.25, -0.2) is 4.99 Å². The summed E-state index contributed by atoms with van der Waals surface area (Å²) in [5.74, 6) is -0.607. The molecular weight excluding hydrogens is 206 g/mol. The minimum Gasteiger partial charge on any atom is -0.370 e. The maximum absolute atomic E-state index is 10.3. The molecule has 86 valence electrons. The second kappa shape index (κ2) is 3.64. The largest absolute Gasteiger partial charge is 0.370 e. The Morgan fingerprint density at radius 1 is 1.69 bits per heavy atom. The summed E-state index contributed by atoms with van der Waals surface area (Å²) in [5.41, 5.74) is 6.00. The third-order valence-electron chi connectivity index (χ3n) is 2.54. The standard InChI is InChI=1S/C10H15N5O/c1-3-4-5-8-12-6-7-10(16,15(8)2)14-9(11)13-7/h4-6,16H,3H2,1-2H3,(H3,11,13,14)/b5-4+. The zero-order valence-electron chi connectivity index (χ0n) is 9.31. The monoisotopic (exact) mass is 221 g/mol. The number of rotatable bonds is 2. The van der Waals surface area contributed by atoms with Gasteiger partial charge in [-0.3, -0.25) is 0 Å². The molecule has 2 rings (SSSR count). The van der Waals surface area contributed by atoms with Crippen molar-refractivity contribution in [2.24, 2.45) is 15.7 Å². The van der Waals surface area contributed by atoms with Crippen molar-refractivity contribution in [3.05, 3.63) is 24.0 Å². The third-order valence-corrected chi connectivity index (χ3v) is 2.54. The van der Waals surface area contributed by atoms with Crippen molar-refractivity contribution in [3.63, 3.8) is 0 Å². The van der Waals surface area contributed by atoms with E-state index in [0.717, 1.165) is 6.42 Å². The first-order chi connectivity index (χ1) is 7.58. The summed E-state index contributed by atoms with van der Waals surface area (Å²) in [7, 11) is 1.72. The van der Waals surface area contributed by atoms with Gasteiger partial charge in [0.2, 0.25) is 0 Å². The van der Waals surface area contributed by atoms with E-state index in [2.05, 4.69) is 15.3 Å². The molecule has 16 heavy (non-hydrogen) atoms. The lowest BCUT2D eigenvalue weighted by atomic mass is 10.2. The van der Waals surface area contributed by atoms with Crippen molar-refractivity contribution in [1.82, 2.24) is 10.2 Å². The van der Waals surface area contributed by atoms with Gasteiger partial charge >= 0.3 is 0 Å². The second-order valence-electron chi connectivity index (χ2n) is 3.66. The van der Waals surface area contributed by atoms with Crippen LogP contribution in [-0.2, 0) is 0 Å². The van der Waals surface area contributed by atoms with Gasteiger partial charge in [-0.1, -0.05) is 13.0 Å². The van der Waals surface area contributed by atoms with E-state index >= 15 is 0 Å². The van der Waals surface area contributed by atoms with Crippen LogP contribution in [0.3, 0.4) is 0 Å². The lowest BCUT2D eigenvalue weighted by molar-refractivity contribution is -0.0134. The summed E-state index contributed by atoms with van der Waals surface area (Å²) in [5, 5.41) is 13.1.